The number of benzene rings is 1. The van der Waals surface area contributed by atoms with Crippen LogP contribution in [0.3, 0.4) is 0 Å². The summed E-state index contributed by atoms with van der Waals surface area (Å²) in [4.78, 5) is 18.5. The number of nitrogens with zero attached hydrogens (tertiary/aromatic N) is 3. The average Bonchev–Trinajstić information content (AvgIpc) is 2.66. The van der Waals surface area contributed by atoms with E-state index in [1.807, 2.05) is 62.1 Å². The van der Waals surface area contributed by atoms with Crippen LogP contribution in [0, 0.1) is 25.2 Å². The number of aryl methyl sites for hydroxylation is 1. The summed E-state index contributed by atoms with van der Waals surface area (Å²) in [5, 5.41) is 12.3. The first-order chi connectivity index (χ1) is 12.5. The molecule has 1 aromatic carbocycles. The molecule has 0 aliphatic heterocycles. The number of rotatable bonds is 7. The zero-order valence-corrected chi connectivity index (χ0v) is 15.5. The molecular formula is C21H24N4O. The molecule has 1 N–H and O–H groups in total. The molecule has 0 bridgehead atoms. The molecule has 0 fully saturated rings. The number of anilines is 1. The van der Waals surface area contributed by atoms with Crippen molar-refractivity contribution in [1.82, 2.24) is 9.88 Å². The van der Waals surface area contributed by atoms with Crippen molar-refractivity contribution < 1.29 is 4.79 Å². The molecule has 0 spiro atoms. The van der Waals surface area contributed by atoms with Gasteiger partial charge < -0.3 is 10.2 Å². The van der Waals surface area contributed by atoms with E-state index in [0.717, 1.165) is 29.8 Å². The molecule has 0 saturated carbocycles. The molecule has 0 atom stereocenters. The molecule has 1 aromatic heterocycles. The van der Waals surface area contributed by atoms with Gasteiger partial charge in [0.25, 0.3) is 5.91 Å². The molecule has 1 amide bonds. The normalized spacial score (nSPS) is 10.9. The third kappa shape index (κ3) is 5.18. The minimum atomic E-state index is -0.386. The fraction of sp³-hybridized carbons (Fsp3) is 0.286. The second-order valence-corrected chi connectivity index (χ2v) is 6.09. The van der Waals surface area contributed by atoms with Gasteiger partial charge in [0, 0.05) is 37.4 Å². The van der Waals surface area contributed by atoms with Crippen molar-refractivity contribution in [3.63, 3.8) is 0 Å². The van der Waals surface area contributed by atoms with E-state index in [1.54, 1.807) is 18.6 Å². The summed E-state index contributed by atoms with van der Waals surface area (Å²) >= 11 is 0. The van der Waals surface area contributed by atoms with Crippen LogP contribution in [0.15, 0.2) is 54.5 Å². The lowest BCUT2D eigenvalue weighted by Crippen LogP contribution is -2.23. The first kappa shape index (κ1) is 19.2. The lowest BCUT2D eigenvalue weighted by molar-refractivity contribution is -0.112. The Hall–Kier alpha value is -3.13. The molecule has 134 valence electrons. The van der Waals surface area contributed by atoms with Crippen molar-refractivity contribution >= 4 is 11.6 Å². The first-order valence-electron chi connectivity index (χ1n) is 8.67. The number of aromatic nitrogens is 1. The van der Waals surface area contributed by atoms with Gasteiger partial charge in [0.05, 0.1) is 0 Å². The smallest absolute Gasteiger partial charge is 0.267 e. The molecule has 0 unspecified atom stereocenters. The lowest BCUT2D eigenvalue weighted by atomic mass is 10.1. The van der Waals surface area contributed by atoms with Crippen molar-refractivity contribution in [3.8, 4) is 6.07 Å². The number of amides is 1. The molecule has 0 saturated heterocycles. The van der Waals surface area contributed by atoms with Crippen LogP contribution >= 0.6 is 0 Å². The zero-order valence-electron chi connectivity index (χ0n) is 15.5. The Labute approximate surface area is 155 Å². The lowest BCUT2D eigenvalue weighted by Gasteiger charge is -2.19. The van der Waals surface area contributed by atoms with Gasteiger partial charge in [-0.3, -0.25) is 9.78 Å². The Morgan fingerprint density at radius 3 is 2.65 bits per heavy atom. The van der Waals surface area contributed by atoms with Crippen molar-refractivity contribution in [2.75, 3.05) is 18.4 Å². The van der Waals surface area contributed by atoms with Crippen molar-refractivity contribution in [2.45, 2.75) is 27.2 Å². The van der Waals surface area contributed by atoms with Gasteiger partial charge in [-0.1, -0.05) is 12.1 Å². The molecule has 5 heteroatoms. The number of hydrogen-bond donors (Lipinski definition) is 1. The van der Waals surface area contributed by atoms with Gasteiger partial charge in [0.1, 0.15) is 11.6 Å². The van der Waals surface area contributed by atoms with Crippen LogP contribution in [-0.2, 0) is 11.2 Å². The third-order valence-corrected chi connectivity index (χ3v) is 4.37. The molecule has 5 nitrogen and oxygen atoms in total. The van der Waals surface area contributed by atoms with Gasteiger partial charge in [-0.2, -0.15) is 5.26 Å². The van der Waals surface area contributed by atoms with Gasteiger partial charge in [0.2, 0.25) is 0 Å². The maximum atomic E-state index is 12.5. The van der Waals surface area contributed by atoms with E-state index in [9.17, 15) is 10.1 Å². The van der Waals surface area contributed by atoms with Crippen LogP contribution in [0.5, 0.6) is 0 Å². The van der Waals surface area contributed by atoms with E-state index in [1.165, 1.54) is 5.56 Å². The van der Waals surface area contributed by atoms with Gasteiger partial charge in [-0.05, 0) is 62.1 Å². The maximum absolute atomic E-state index is 12.5. The number of likely N-dealkylation sites (N-methyl/N-ethyl adjacent to an activating group) is 1. The Morgan fingerprint density at radius 2 is 2.00 bits per heavy atom. The molecule has 2 rings (SSSR count). The fourth-order valence-electron chi connectivity index (χ4n) is 2.53. The molecule has 2 aromatic rings. The number of nitrogens with one attached hydrogen (secondary N) is 1. The number of nitriles is 1. The highest BCUT2D eigenvalue weighted by molar-refractivity contribution is 6.06. The van der Waals surface area contributed by atoms with Crippen LogP contribution in [-0.4, -0.2) is 28.9 Å². The molecule has 0 aliphatic carbocycles. The summed E-state index contributed by atoms with van der Waals surface area (Å²) in [5.41, 5.74) is 4.10. The average molecular weight is 348 g/mol. The van der Waals surface area contributed by atoms with Crippen LogP contribution in [0.4, 0.5) is 5.69 Å². The second-order valence-electron chi connectivity index (χ2n) is 6.09. The first-order valence-corrected chi connectivity index (χ1v) is 8.67. The fourth-order valence-corrected chi connectivity index (χ4v) is 2.53. The van der Waals surface area contributed by atoms with Gasteiger partial charge >= 0.3 is 0 Å². The predicted molar refractivity (Wildman–Crippen MR) is 103 cm³/mol. The minimum absolute atomic E-state index is 0.0995. The summed E-state index contributed by atoms with van der Waals surface area (Å²) < 4.78 is 0. The topological polar surface area (TPSA) is 69.0 Å². The predicted octanol–water partition coefficient (Wildman–Crippen LogP) is 3.61. The summed E-state index contributed by atoms with van der Waals surface area (Å²) in [5.74, 6) is -0.386. The summed E-state index contributed by atoms with van der Waals surface area (Å²) in [7, 11) is 0. The van der Waals surface area contributed by atoms with E-state index >= 15 is 0 Å². The second kappa shape index (κ2) is 9.38. The Balaban J connectivity index is 2.07. The van der Waals surface area contributed by atoms with Gasteiger partial charge in [-0.15, -0.1) is 0 Å². The standard InChI is InChI=1S/C21H24N4O/c1-4-25(13-10-18-8-11-23-12-9-18)15-19(14-22)21(26)24-20-7-5-6-16(2)17(20)3/h5-9,11-12,15H,4,10,13H2,1-3H3,(H,24,26)/b19-15-. The van der Waals surface area contributed by atoms with E-state index in [4.69, 9.17) is 0 Å². The number of pyridine rings is 1. The van der Waals surface area contributed by atoms with Gasteiger partial charge in [-0.25, -0.2) is 0 Å². The minimum Gasteiger partial charge on any atom is -0.376 e. The van der Waals surface area contributed by atoms with E-state index in [-0.39, 0.29) is 11.5 Å². The van der Waals surface area contributed by atoms with Crippen LogP contribution < -0.4 is 5.32 Å². The molecule has 0 aliphatic rings. The summed E-state index contributed by atoms with van der Waals surface area (Å²) in [6, 6.07) is 11.7. The maximum Gasteiger partial charge on any atom is 0.267 e. The Bertz CT molecular complexity index is 822. The van der Waals surface area contributed by atoms with Crippen molar-refractivity contribution in [3.05, 3.63) is 71.2 Å². The summed E-state index contributed by atoms with van der Waals surface area (Å²) in [6.45, 7) is 7.38. The molecular weight excluding hydrogens is 324 g/mol. The van der Waals surface area contributed by atoms with Gasteiger partial charge in [0.15, 0.2) is 0 Å². The number of carbonyl (C=O) groups excluding carboxylic acids is 1. The number of hydrogen-bond acceptors (Lipinski definition) is 4. The van der Waals surface area contributed by atoms with E-state index in [2.05, 4.69) is 10.3 Å². The van der Waals surface area contributed by atoms with E-state index in [0.29, 0.717) is 6.54 Å². The Morgan fingerprint density at radius 1 is 1.27 bits per heavy atom. The monoisotopic (exact) mass is 348 g/mol. The zero-order chi connectivity index (χ0) is 18.9. The highest BCUT2D eigenvalue weighted by Gasteiger charge is 2.13. The molecule has 26 heavy (non-hydrogen) atoms. The highest BCUT2D eigenvalue weighted by atomic mass is 16.1. The van der Waals surface area contributed by atoms with Crippen LogP contribution in [0.2, 0.25) is 0 Å². The van der Waals surface area contributed by atoms with Crippen molar-refractivity contribution in [2.24, 2.45) is 0 Å². The van der Waals surface area contributed by atoms with Crippen LogP contribution in [0.1, 0.15) is 23.6 Å². The summed E-state index contributed by atoms with van der Waals surface area (Å²) in [6.07, 6.45) is 5.99. The Kier molecular flexibility index (Phi) is 6.92. The number of carbonyl (C=O) groups is 1. The van der Waals surface area contributed by atoms with Crippen molar-refractivity contribution in [1.29, 1.82) is 5.26 Å². The largest absolute Gasteiger partial charge is 0.376 e. The molecule has 1 heterocycles. The van der Waals surface area contributed by atoms with Crippen LogP contribution in [0.25, 0.3) is 0 Å². The SMILES string of the molecule is CCN(/C=C(/C#N)C(=O)Nc1cccc(C)c1C)CCc1ccncc1. The quantitative estimate of drug-likeness (QED) is 0.613. The molecule has 0 radical (unpaired) electrons. The third-order valence-electron chi connectivity index (χ3n) is 4.37. The van der Waals surface area contributed by atoms with E-state index < -0.39 is 0 Å². The highest BCUT2D eigenvalue weighted by Crippen LogP contribution is 2.18.